The fourth-order valence-electron chi connectivity index (χ4n) is 3.37. The van der Waals surface area contributed by atoms with Crippen LogP contribution in [0, 0.1) is 5.92 Å². The van der Waals surface area contributed by atoms with E-state index in [4.69, 9.17) is 0 Å². The fraction of sp³-hybridized carbons (Fsp3) is 0.938. The number of carbonyl (C=O) groups excluding carboxylic acids is 1. The van der Waals surface area contributed by atoms with Gasteiger partial charge in [-0.05, 0) is 44.6 Å². The van der Waals surface area contributed by atoms with Crippen molar-refractivity contribution in [1.82, 2.24) is 10.2 Å². The Morgan fingerprint density at radius 2 is 1.58 bits per heavy atom. The average Bonchev–Trinajstić information content (AvgIpc) is 2.73. The summed E-state index contributed by atoms with van der Waals surface area (Å²) >= 11 is 0. The maximum atomic E-state index is 12.0. The lowest BCUT2D eigenvalue weighted by Crippen LogP contribution is -2.37. The molecular weight excluding hydrogens is 236 g/mol. The number of hydrogen-bond acceptors (Lipinski definition) is 2. The molecule has 0 atom stereocenters. The number of nitrogens with zero attached hydrogens (tertiary/aromatic N) is 1. The Kier molecular flexibility index (Phi) is 6.69. The van der Waals surface area contributed by atoms with E-state index in [1.54, 1.807) is 0 Å². The molecule has 110 valence electrons. The van der Waals surface area contributed by atoms with E-state index in [9.17, 15) is 4.79 Å². The molecule has 0 unspecified atom stereocenters. The highest BCUT2D eigenvalue weighted by Crippen LogP contribution is 2.22. The van der Waals surface area contributed by atoms with Crippen LogP contribution in [0.3, 0.4) is 0 Å². The van der Waals surface area contributed by atoms with Crippen LogP contribution in [-0.4, -0.2) is 37.0 Å². The van der Waals surface area contributed by atoms with Crippen molar-refractivity contribution in [3.05, 3.63) is 0 Å². The lowest BCUT2D eigenvalue weighted by atomic mass is 10.0. The van der Waals surface area contributed by atoms with Crippen molar-refractivity contribution in [1.29, 1.82) is 0 Å². The van der Waals surface area contributed by atoms with Crippen LogP contribution in [0.2, 0.25) is 0 Å². The summed E-state index contributed by atoms with van der Waals surface area (Å²) in [5, 5.41) is 3.51. The topological polar surface area (TPSA) is 32.3 Å². The third-order valence-electron chi connectivity index (χ3n) is 4.63. The van der Waals surface area contributed by atoms with Crippen LogP contribution in [0.5, 0.6) is 0 Å². The van der Waals surface area contributed by atoms with Crippen LogP contribution in [0.4, 0.5) is 0 Å². The lowest BCUT2D eigenvalue weighted by Gasteiger charge is -2.26. The molecule has 2 fully saturated rings. The van der Waals surface area contributed by atoms with E-state index in [1.165, 1.54) is 57.8 Å². The maximum Gasteiger partial charge on any atom is 0.223 e. The van der Waals surface area contributed by atoms with Crippen molar-refractivity contribution in [2.45, 2.75) is 64.2 Å². The zero-order valence-corrected chi connectivity index (χ0v) is 12.3. The minimum absolute atomic E-state index is 0.355. The van der Waals surface area contributed by atoms with Gasteiger partial charge >= 0.3 is 0 Å². The minimum Gasteiger partial charge on any atom is -0.343 e. The van der Waals surface area contributed by atoms with Gasteiger partial charge in [-0.15, -0.1) is 0 Å². The van der Waals surface area contributed by atoms with Crippen LogP contribution < -0.4 is 5.32 Å². The fourth-order valence-corrected chi connectivity index (χ4v) is 3.37. The van der Waals surface area contributed by atoms with E-state index in [1.807, 2.05) is 0 Å². The van der Waals surface area contributed by atoms with Crippen molar-refractivity contribution in [3.63, 3.8) is 0 Å². The molecule has 2 rings (SSSR count). The molecule has 1 aliphatic carbocycles. The highest BCUT2D eigenvalue weighted by Gasteiger charge is 2.16. The number of likely N-dealkylation sites (tertiary alicyclic amines) is 1. The summed E-state index contributed by atoms with van der Waals surface area (Å²) in [4.78, 5) is 14.0. The average molecular weight is 266 g/mol. The second kappa shape index (κ2) is 8.57. The second-order valence-corrected chi connectivity index (χ2v) is 6.25. The summed E-state index contributed by atoms with van der Waals surface area (Å²) in [5.74, 6) is 1.21. The molecule has 0 bridgehead atoms. The first-order valence-electron chi connectivity index (χ1n) is 8.35. The third-order valence-corrected chi connectivity index (χ3v) is 4.63. The van der Waals surface area contributed by atoms with Crippen LogP contribution >= 0.6 is 0 Å². The van der Waals surface area contributed by atoms with E-state index >= 15 is 0 Å². The van der Waals surface area contributed by atoms with Crippen molar-refractivity contribution < 1.29 is 4.79 Å². The molecule has 1 amide bonds. The Balaban J connectivity index is 1.54. The second-order valence-electron chi connectivity index (χ2n) is 6.25. The monoisotopic (exact) mass is 266 g/mol. The van der Waals surface area contributed by atoms with E-state index in [0.717, 1.165) is 32.1 Å². The predicted molar refractivity (Wildman–Crippen MR) is 79.1 cm³/mol. The number of nitrogens with one attached hydrogen (secondary N) is 1. The Labute approximate surface area is 118 Å². The molecule has 1 saturated carbocycles. The van der Waals surface area contributed by atoms with E-state index in [-0.39, 0.29) is 0 Å². The predicted octanol–water partition coefficient (Wildman–Crippen LogP) is 2.95. The van der Waals surface area contributed by atoms with Crippen molar-refractivity contribution in [2.75, 3.05) is 26.2 Å². The minimum atomic E-state index is 0.355. The van der Waals surface area contributed by atoms with Gasteiger partial charge in [0.25, 0.3) is 0 Å². The number of amides is 1. The van der Waals surface area contributed by atoms with Crippen LogP contribution in [0.1, 0.15) is 64.2 Å². The number of carbonyl (C=O) groups is 1. The molecule has 0 aromatic carbocycles. The smallest absolute Gasteiger partial charge is 0.223 e. The van der Waals surface area contributed by atoms with Gasteiger partial charge < -0.3 is 10.2 Å². The Morgan fingerprint density at radius 3 is 2.26 bits per heavy atom. The first kappa shape index (κ1) is 14.8. The van der Waals surface area contributed by atoms with Gasteiger partial charge in [-0.25, -0.2) is 0 Å². The van der Waals surface area contributed by atoms with Gasteiger partial charge in [-0.2, -0.15) is 0 Å². The molecule has 3 heteroatoms. The van der Waals surface area contributed by atoms with E-state index in [0.29, 0.717) is 12.3 Å². The van der Waals surface area contributed by atoms with Gasteiger partial charge in [-0.1, -0.05) is 25.7 Å². The van der Waals surface area contributed by atoms with Gasteiger partial charge in [0.2, 0.25) is 5.91 Å². The number of rotatable bonds is 5. The third kappa shape index (κ3) is 5.52. The molecule has 1 aliphatic heterocycles. The van der Waals surface area contributed by atoms with Crippen molar-refractivity contribution >= 4 is 5.91 Å². The van der Waals surface area contributed by atoms with Crippen LogP contribution in [-0.2, 0) is 4.79 Å². The zero-order chi connectivity index (χ0) is 13.3. The first-order chi connectivity index (χ1) is 9.36. The molecule has 1 heterocycles. The maximum absolute atomic E-state index is 12.0. The van der Waals surface area contributed by atoms with Gasteiger partial charge in [0.15, 0.2) is 0 Å². The summed E-state index contributed by atoms with van der Waals surface area (Å²) in [5.41, 5.74) is 0. The molecule has 1 N–H and O–H groups in total. The first-order valence-corrected chi connectivity index (χ1v) is 8.35. The quantitative estimate of drug-likeness (QED) is 0.613. The Morgan fingerprint density at radius 1 is 0.947 bits per heavy atom. The molecular formula is C16H30N2O. The lowest BCUT2D eigenvalue weighted by molar-refractivity contribution is -0.131. The van der Waals surface area contributed by atoms with Gasteiger partial charge in [0.1, 0.15) is 0 Å². The van der Waals surface area contributed by atoms with Crippen LogP contribution in [0.25, 0.3) is 0 Å². The Bertz CT molecular complexity index is 253. The summed E-state index contributed by atoms with van der Waals surface area (Å²) in [6, 6.07) is 0. The summed E-state index contributed by atoms with van der Waals surface area (Å²) in [6.07, 6.45) is 12.8. The van der Waals surface area contributed by atoms with Crippen LogP contribution in [0.15, 0.2) is 0 Å². The number of hydrogen-bond donors (Lipinski definition) is 1. The molecule has 0 radical (unpaired) electrons. The van der Waals surface area contributed by atoms with Crippen molar-refractivity contribution in [3.8, 4) is 0 Å². The summed E-state index contributed by atoms with van der Waals surface area (Å²) in [6.45, 7) is 3.96. The molecule has 2 aliphatic rings. The molecule has 19 heavy (non-hydrogen) atoms. The zero-order valence-electron chi connectivity index (χ0n) is 12.3. The molecule has 0 aromatic rings. The van der Waals surface area contributed by atoms with E-state index in [2.05, 4.69) is 10.2 Å². The molecule has 0 aromatic heterocycles. The highest BCUT2D eigenvalue weighted by molar-refractivity contribution is 5.76. The SMILES string of the molecule is O=C(CCNCC1CCCCCC1)N1CCCCC1. The Hall–Kier alpha value is -0.570. The van der Waals surface area contributed by atoms with Gasteiger partial charge in [-0.3, -0.25) is 4.79 Å². The normalized spacial score (nSPS) is 22.2. The van der Waals surface area contributed by atoms with E-state index < -0.39 is 0 Å². The largest absolute Gasteiger partial charge is 0.343 e. The molecule has 3 nitrogen and oxygen atoms in total. The molecule has 1 saturated heterocycles. The van der Waals surface area contributed by atoms with Gasteiger partial charge in [0, 0.05) is 26.1 Å². The summed E-state index contributed by atoms with van der Waals surface area (Å²) in [7, 11) is 0. The summed E-state index contributed by atoms with van der Waals surface area (Å²) < 4.78 is 0. The number of piperidine rings is 1. The van der Waals surface area contributed by atoms with Gasteiger partial charge in [0.05, 0.1) is 0 Å². The molecule has 0 spiro atoms. The van der Waals surface area contributed by atoms with Crippen molar-refractivity contribution in [2.24, 2.45) is 5.92 Å². The highest BCUT2D eigenvalue weighted by atomic mass is 16.2. The standard InChI is InChI=1S/C16H30N2O/c19-16(18-12-6-3-7-13-18)10-11-17-14-15-8-4-1-2-5-9-15/h15,17H,1-14H2.